The third-order valence-electron chi connectivity index (χ3n) is 2.82. The van der Waals surface area contributed by atoms with Gasteiger partial charge in [-0.3, -0.25) is 4.79 Å². The van der Waals surface area contributed by atoms with Gasteiger partial charge in [0.25, 0.3) is 0 Å². The summed E-state index contributed by atoms with van der Waals surface area (Å²) >= 11 is 0. The minimum absolute atomic E-state index is 0.271. The summed E-state index contributed by atoms with van der Waals surface area (Å²) in [7, 11) is 0. The van der Waals surface area contributed by atoms with Crippen molar-refractivity contribution < 1.29 is 14.7 Å². The van der Waals surface area contributed by atoms with Gasteiger partial charge < -0.3 is 9.94 Å². The van der Waals surface area contributed by atoms with Gasteiger partial charge in [0, 0.05) is 0 Å². The molecule has 0 spiro atoms. The molecular formula is C10H17NO3. The van der Waals surface area contributed by atoms with Crippen molar-refractivity contribution in [2.24, 2.45) is 10.6 Å². The number of carbonyl (C=O) groups is 1. The van der Waals surface area contributed by atoms with Crippen LogP contribution in [0.15, 0.2) is 5.16 Å². The first-order valence-electron chi connectivity index (χ1n) is 5.03. The molecule has 4 nitrogen and oxygen atoms in total. The average Bonchev–Trinajstić information content (AvgIpc) is 2.19. The molecule has 1 aliphatic rings. The minimum atomic E-state index is -0.705. The van der Waals surface area contributed by atoms with Crippen molar-refractivity contribution in [3.05, 3.63) is 0 Å². The van der Waals surface area contributed by atoms with Crippen LogP contribution in [-0.4, -0.2) is 23.5 Å². The largest absolute Gasteiger partial charge is 0.465 e. The summed E-state index contributed by atoms with van der Waals surface area (Å²) in [4.78, 5) is 11.7. The molecule has 0 saturated heterocycles. The molecular weight excluding hydrogens is 182 g/mol. The van der Waals surface area contributed by atoms with Gasteiger partial charge in [-0.25, -0.2) is 0 Å². The molecule has 0 aromatic rings. The molecule has 4 heteroatoms. The second-order valence-corrected chi connectivity index (χ2v) is 3.81. The highest BCUT2D eigenvalue weighted by atomic mass is 16.5. The number of ether oxygens (including phenoxy) is 1. The molecule has 0 heterocycles. The molecule has 0 bridgehead atoms. The maximum absolute atomic E-state index is 11.7. The lowest BCUT2D eigenvalue weighted by molar-refractivity contribution is -0.151. The molecule has 1 N–H and O–H groups in total. The minimum Gasteiger partial charge on any atom is -0.465 e. The Morgan fingerprint density at radius 1 is 1.64 bits per heavy atom. The van der Waals surface area contributed by atoms with Crippen molar-refractivity contribution in [1.82, 2.24) is 0 Å². The fourth-order valence-electron chi connectivity index (χ4n) is 1.86. The summed E-state index contributed by atoms with van der Waals surface area (Å²) in [6.07, 6.45) is 3.36. The van der Waals surface area contributed by atoms with Crippen molar-refractivity contribution in [2.45, 2.75) is 39.5 Å². The summed E-state index contributed by atoms with van der Waals surface area (Å²) < 4.78 is 4.99. The first kappa shape index (κ1) is 11.0. The Hall–Kier alpha value is -1.06. The highest BCUT2D eigenvalue weighted by Crippen LogP contribution is 2.34. The third kappa shape index (κ3) is 1.89. The molecule has 1 fully saturated rings. The first-order chi connectivity index (χ1) is 6.65. The van der Waals surface area contributed by atoms with E-state index in [1.165, 1.54) is 0 Å². The molecule has 80 valence electrons. The lowest BCUT2D eigenvalue weighted by Gasteiger charge is -2.31. The number of esters is 1. The molecule has 0 radical (unpaired) electrons. The SMILES string of the molecule is CCOC(=O)C1(C)CCCC/C1=N/O. The van der Waals surface area contributed by atoms with E-state index < -0.39 is 5.41 Å². The summed E-state index contributed by atoms with van der Waals surface area (Å²) in [5.41, 5.74) is -0.148. The van der Waals surface area contributed by atoms with Crippen LogP contribution in [0.5, 0.6) is 0 Å². The Morgan fingerprint density at radius 3 is 2.93 bits per heavy atom. The van der Waals surface area contributed by atoms with Gasteiger partial charge in [0.15, 0.2) is 0 Å². The molecule has 1 rings (SSSR count). The lowest BCUT2D eigenvalue weighted by atomic mass is 9.74. The normalized spacial score (nSPS) is 30.3. The second-order valence-electron chi connectivity index (χ2n) is 3.81. The predicted octanol–water partition coefficient (Wildman–Crippen LogP) is 1.96. The second kappa shape index (κ2) is 4.44. The van der Waals surface area contributed by atoms with Crippen LogP contribution in [0.4, 0.5) is 0 Å². The zero-order valence-corrected chi connectivity index (χ0v) is 8.75. The van der Waals surface area contributed by atoms with Crippen LogP contribution in [0.3, 0.4) is 0 Å². The van der Waals surface area contributed by atoms with Gasteiger partial charge in [-0.1, -0.05) is 11.6 Å². The van der Waals surface area contributed by atoms with Crippen LogP contribution >= 0.6 is 0 Å². The zero-order chi connectivity index (χ0) is 10.6. The summed E-state index contributed by atoms with van der Waals surface area (Å²) in [6.45, 7) is 3.94. The Labute approximate surface area is 83.9 Å². The van der Waals surface area contributed by atoms with E-state index in [0.29, 0.717) is 25.2 Å². The van der Waals surface area contributed by atoms with E-state index >= 15 is 0 Å². The summed E-state index contributed by atoms with van der Waals surface area (Å²) in [5.74, 6) is -0.271. The topological polar surface area (TPSA) is 58.9 Å². The van der Waals surface area contributed by atoms with Crippen LogP contribution in [0.25, 0.3) is 0 Å². The van der Waals surface area contributed by atoms with Crippen LogP contribution in [0.2, 0.25) is 0 Å². The molecule has 0 aromatic carbocycles. The third-order valence-corrected chi connectivity index (χ3v) is 2.82. The van der Waals surface area contributed by atoms with E-state index in [-0.39, 0.29) is 5.97 Å². The summed E-state index contributed by atoms with van der Waals surface area (Å²) in [6, 6.07) is 0. The molecule has 0 amide bonds. The number of hydrogen-bond donors (Lipinski definition) is 1. The number of oxime groups is 1. The maximum atomic E-state index is 11.7. The van der Waals surface area contributed by atoms with Crippen molar-refractivity contribution >= 4 is 11.7 Å². The molecule has 1 aliphatic carbocycles. The van der Waals surface area contributed by atoms with E-state index in [9.17, 15) is 4.79 Å². The van der Waals surface area contributed by atoms with Crippen LogP contribution in [0, 0.1) is 5.41 Å². The number of rotatable bonds is 2. The molecule has 0 aliphatic heterocycles. The first-order valence-corrected chi connectivity index (χ1v) is 5.03. The van der Waals surface area contributed by atoms with Gasteiger partial charge >= 0.3 is 5.97 Å². The molecule has 1 atom stereocenters. The number of carbonyl (C=O) groups excluding carboxylic acids is 1. The van der Waals surface area contributed by atoms with E-state index in [1.54, 1.807) is 13.8 Å². The highest BCUT2D eigenvalue weighted by Gasteiger charge is 2.42. The Balaban J connectivity index is 2.82. The Bertz CT molecular complexity index is 250. The molecule has 1 saturated carbocycles. The summed E-state index contributed by atoms with van der Waals surface area (Å²) in [5, 5.41) is 12.0. The fraction of sp³-hybridized carbons (Fsp3) is 0.800. The van der Waals surface area contributed by atoms with E-state index in [2.05, 4.69) is 5.16 Å². The Morgan fingerprint density at radius 2 is 2.36 bits per heavy atom. The van der Waals surface area contributed by atoms with Crippen molar-refractivity contribution in [3.8, 4) is 0 Å². The lowest BCUT2D eigenvalue weighted by Crippen LogP contribution is -2.40. The molecule has 0 aromatic heterocycles. The quantitative estimate of drug-likeness (QED) is 0.420. The smallest absolute Gasteiger partial charge is 0.317 e. The number of hydrogen-bond acceptors (Lipinski definition) is 4. The van der Waals surface area contributed by atoms with Crippen LogP contribution < -0.4 is 0 Å². The van der Waals surface area contributed by atoms with Gasteiger partial charge in [-0.2, -0.15) is 0 Å². The zero-order valence-electron chi connectivity index (χ0n) is 8.75. The average molecular weight is 199 g/mol. The van der Waals surface area contributed by atoms with Crippen molar-refractivity contribution in [1.29, 1.82) is 0 Å². The fourth-order valence-corrected chi connectivity index (χ4v) is 1.86. The predicted molar refractivity (Wildman–Crippen MR) is 52.4 cm³/mol. The van der Waals surface area contributed by atoms with Crippen LogP contribution in [-0.2, 0) is 9.53 Å². The standard InChI is InChI=1S/C10H17NO3/c1-3-14-9(12)10(2)7-5-4-6-8(10)11-13/h13H,3-7H2,1-2H3/b11-8-. The highest BCUT2D eigenvalue weighted by molar-refractivity contribution is 6.06. The molecule has 1 unspecified atom stereocenters. The van der Waals surface area contributed by atoms with Gasteiger partial charge in [0.1, 0.15) is 5.41 Å². The van der Waals surface area contributed by atoms with Gasteiger partial charge in [0.05, 0.1) is 12.3 Å². The monoisotopic (exact) mass is 199 g/mol. The van der Waals surface area contributed by atoms with Crippen molar-refractivity contribution in [2.75, 3.05) is 6.61 Å². The maximum Gasteiger partial charge on any atom is 0.317 e. The van der Waals surface area contributed by atoms with Crippen LogP contribution in [0.1, 0.15) is 39.5 Å². The van der Waals surface area contributed by atoms with Gasteiger partial charge in [-0.15, -0.1) is 0 Å². The Kier molecular flexibility index (Phi) is 3.49. The number of nitrogens with zero attached hydrogens (tertiary/aromatic N) is 1. The van der Waals surface area contributed by atoms with E-state index in [1.807, 2.05) is 0 Å². The van der Waals surface area contributed by atoms with Crippen molar-refractivity contribution in [3.63, 3.8) is 0 Å². The van der Waals surface area contributed by atoms with E-state index in [4.69, 9.17) is 9.94 Å². The van der Waals surface area contributed by atoms with E-state index in [0.717, 1.165) is 12.8 Å². The van der Waals surface area contributed by atoms with Gasteiger partial charge in [-0.05, 0) is 33.1 Å². The van der Waals surface area contributed by atoms with Gasteiger partial charge in [0.2, 0.25) is 0 Å². The molecule has 14 heavy (non-hydrogen) atoms.